The van der Waals surface area contributed by atoms with Gasteiger partial charge in [0.1, 0.15) is 0 Å². The third-order valence-electron chi connectivity index (χ3n) is 3.71. The van der Waals surface area contributed by atoms with Crippen LogP contribution in [0.25, 0.3) is 0 Å². The van der Waals surface area contributed by atoms with E-state index >= 15 is 0 Å². The van der Waals surface area contributed by atoms with Crippen molar-refractivity contribution in [1.82, 2.24) is 20.4 Å². The second-order valence-corrected chi connectivity index (χ2v) is 5.07. The van der Waals surface area contributed by atoms with Crippen LogP contribution in [0.3, 0.4) is 0 Å². The van der Waals surface area contributed by atoms with Gasteiger partial charge in [-0.05, 0) is 32.6 Å². The van der Waals surface area contributed by atoms with Crippen molar-refractivity contribution in [2.24, 2.45) is 0 Å². The van der Waals surface area contributed by atoms with Gasteiger partial charge in [0, 0.05) is 40.0 Å². The molecule has 0 spiro atoms. The Hall–Kier alpha value is -1.14. The van der Waals surface area contributed by atoms with E-state index in [0.717, 1.165) is 45.7 Å². The molecule has 0 rings (SSSR count). The van der Waals surface area contributed by atoms with Gasteiger partial charge in [0.25, 0.3) is 0 Å². The number of hydrogen-bond acceptors (Lipinski definition) is 4. The summed E-state index contributed by atoms with van der Waals surface area (Å²) in [5, 5.41) is 5.30. The number of nitrogens with one attached hydrogen (secondary N) is 2. The van der Waals surface area contributed by atoms with Crippen LogP contribution < -0.4 is 10.6 Å². The molecule has 124 valence electrons. The van der Waals surface area contributed by atoms with E-state index in [1.807, 2.05) is 0 Å². The topological polar surface area (TPSA) is 64.7 Å². The smallest absolute Gasteiger partial charge is 0.221 e. The molecule has 0 aliphatic carbocycles. The zero-order valence-corrected chi connectivity index (χ0v) is 14.1. The Balaban J connectivity index is 3.89. The fraction of sp³-hybridized carbons (Fsp3) is 0.867. The van der Waals surface area contributed by atoms with Crippen molar-refractivity contribution in [3.05, 3.63) is 0 Å². The molecule has 0 saturated carbocycles. The summed E-state index contributed by atoms with van der Waals surface area (Å²) in [4.78, 5) is 27.1. The number of carbonyl (C=O) groups excluding carboxylic acids is 2. The lowest BCUT2D eigenvalue weighted by Gasteiger charge is -2.23. The average molecular weight is 300 g/mol. The Morgan fingerprint density at radius 1 is 0.762 bits per heavy atom. The fourth-order valence-electron chi connectivity index (χ4n) is 2.14. The summed E-state index contributed by atoms with van der Waals surface area (Å²) in [5.41, 5.74) is 0. The maximum Gasteiger partial charge on any atom is 0.221 e. The highest BCUT2D eigenvalue weighted by molar-refractivity contribution is 5.75. The molecule has 0 unspecified atom stereocenters. The molecule has 2 amide bonds. The van der Waals surface area contributed by atoms with E-state index in [1.54, 1.807) is 14.1 Å². The molecule has 6 nitrogen and oxygen atoms in total. The summed E-state index contributed by atoms with van der Waals surface area (Å²) in [6.07, 6.45) is 2.17. The first-order valence-corrected chi connectivity index (χ1v) is 7.93. The van der Waals surface area contributed by atoms with Crippen molar-refractivity contribution >= 4 is 11.8 Å². The van der Waals surface area contributed by atoms with Crippen molar-refractivity contribution in [2.45, 2.75) is 33.1 Å². The van der Waals surface area contributed by atoms with E-state index in [-0.39, 0.29) is 11.8 Å². The number of rotatable bonds is 12. The monoisotopic (exact) mass is 300 g/mol. The number of carbonyl (C=O) groups is 2. The molecule has 2 N–H and O–H groups in total. The van der Waals surface area contributed by atoms with Crippen LogP contribution in [-0.2, 0) is 9.59 Å². The minimum Gasteiger partial charge on any atom is -0.359 e. The van der Waals surface area contributed by atoms with Crippen molar-refractivity contribution in [3.8, 4) is 0 Å². The number of nitrogens with zero attached hydrogens (tertiary/aromatic N) is 2. The van der Waals surface area contributed by atoms with Crippen molar-refractivity contribution in [1.29, 1.82) is 0 Å². The first kappa shape index (κ1) is 19.9. The lowest BCUT2D eigenvalue weighted by molar-refractivity contribution is -0.121. The highest BCUT2D eigenvalue weighted by atomic mass is 16.2. The van der Waals surface area contributed by atoms with Gasteiger partial charge in [-0.2, -0.15) is 0 Å². The third kappa shape index (κ3) is 10.3. The van der Waals surface area contributed by atoms with Crippen LogP contribution in [0.5, 0.6) is 0 Å². The van der Waals surface area contributed by atoms with Gasteiger partial charge in [-0.25, -0.2) is 0 Å². The molecule has 0 aromatic heterocycles. The molecule has 0 radical (unpaired) electrons. The normalized spacial score (nSPS) is 11.0. The third-order valence-corrected chi connectivity index (χ3v) is 3.71. The molecular formula is C15H32N4O2. The van der Waals surface area contributed by atoms with E-state index in [2.05, 4.69) is 34.3 Å². The molecular weight excluding hydrogens is 268 g/mol. The van der Waals surface area contributed by atoms with Gasteiger partial charge in [-0.1, -0.05) is 13.8 Å². The molecule has 21 heavy (non-hydrogen) atoms. The van der Waals surface area contributed by atoms with Crippen LogP contribution in [0, 0.1) is 0 Å². The minimum absolute atomic E-state index is 0.0919. The summed E-state index contributed by atoms with van der Waals surface area (Å²) in [6.45, 7) is 9.75. The summed E-state index contributed by atoms with van der Waals surface area (Å²) in [6, 6.07) is 0. The Morgan fingerprint density at radius 2 is 1.14 bits per heavy atom. The molecule has 6 heteroatoms. The van der Waals surface area contributed by atoms with Gasteiger partial charge in [-0.15, -0.1) is 0 Å². The minimum atomic E-state index is 0.0919. The van der Waals surface area contributed by atoms with Crippen LogP contribution >= 0.6 is 0 Å². The van der Waals surface area contributed by atoms with Crippen LogP contribution in [-0.4, -0.2) is 75.0 Å². The van der Waals surface area contributed by atoms with Crippen molar-refractivity contribution < 1.29 is 9.59 Å². The molecule has 0 aromatic carbocycles. The number of hydrogen-bond donors (Lipinski definition) is 2. The second-order valence-electron chi connectivity index (χ2n) is 5.07. The predicted molar refractivity (Wildman–Crippen MR) is 86.2 cm³/mol. The van der Waals surface area contributed by atoms with Crippen molar-refractivity contribution in [3.63, 3.8) is 0 Å². The van der Waals surface area contributed by atoms with Gasteiger partial charge >= 0.3 is 0 Å². The van der Waals surface area contributed by atoms with E-state index in [4.69, 9.17) is 0 Å². The van der Waals surface area contributed by atoms with Crippen LogP contribution in [0.15, 0.2) is 0 Å². The molecule has 0 aromatic rings. The van der Waals surface area contributed by atoms with Crippen LogP contribution in [0.1, 0.15) is 33.1 Å². The zero-order valence-electron chi connectivity index (χ0n) is 14.1. The zero-order chi connectivity index (χ0) is 16.1. The van der Waals surface area contributed by atoms with Gasteiger partial charge in [0.05, 0.1) is 0 Å². The quantitative estimate of drug-likeness (QED) is 0.544. The average Bonchev–Trinajstić information content (AvgIpc) is 2.52. The lowest BCUT2D eigenvalue weighted by atomic mass is 10.3. The maximum atomic E-state index is 11.3. The Labute approximate surface area is 129 Å². The van der Waals surface area contributed by atoms with E-state index in [0.29, 0.717) is 12.8 Å². The summed E-state index contributed by atoms with van der Waals surface area (Å²) < 4.78 is 0. The summed E-state index contributed by atoms with van der Waals surface area (Å²) in [7, 11) is 3.34. The van der Waals surface area contributed by atoms with Gasteiger partial charge in [0.15, 0.2) is 0 Å². The molecule has 0 aliphatic rings. The first-order valence-electron chi connectivity index (χ1n) is 7.93. The van der Waals surface area contributed by atoms with Gasteiger partial charge < -0.3 is 20.4 Å². The molecule has 0 saturated heterocycles. The largest absolute Gasteiger partial charge is 0.359 e. The van der Waals surface area contributed by atoms with Gasteiger partial charge in [-0.3, -0.25) is 9.59 Å². The standard InChI is InChI=1S/C15H32N4O2/c1-5-18(12-8-14(20)16-3)10-7-11-19(6-2)13-9-15(21)17-4/h5-13H2,1-4H3,(H,16,20)(H,17,21). The van der Waals surface area contributed by atoms with Crippen LogP contribution in [0.4, 0.5) is 0 Å². The Kier molecular flexibility index (Phi) is 11.9. The molecule has 0 bridgehead atoms. The Morgan fingerprint density at radius 3 is 1.43 bits per heavy atom. The highest BCUT2D eigenvalue weighted by Gasteiger charge is 2.08. The predicted octanol–water partition coefficient (Wildman–Crippen LogP) is 0.293. The van der Waals surface area contributed by atoms with E-state index in [1.165, 1.54) is 0 Å². The molecule has 0 fully saturated rings. The maximum absolute atomic E-state index is 11.3. The van der Waals surface area contributed by atoms with Crippen molar-refractivity contribution in [2.75, 3.05) is 53.4 Å². The van der Waals surface area contributed by atoms with Crippen LogP contribution in [0.2, 0.25) is 0 Å². The Bertz CT molecular complexity index is 269. The fourth-order valence-corrected chi connectivity index (χ4v) is 2.14. The van der Waals surface area contributed by atoms with E-state index in [9.17, 15) is 9.59 Å². The SMILES string of the molecule is CCN(CCCN(CC)CCC(=O)NC)CCC(=O)NC. The summed E-state index contributed by atoms with van der Waals surface area (Å²) in [5.74, 6) is 0.184. The molecule has 0 heterocycles. The van der Waals surface area contributed by atoms with Gasteiger partial charge in [0.2, 0.25) is 11.8 Å². The molecule has 0 atom stereocenters. The summed E-state index contributed by atoms with van der Waals surface area (Å²) >= 11 is 0. The highest BCUT2D eigenvalue weighted by Crippen LogP contribution is 1.98. The lowest BCUT2D eigenvalue weighted by Crippen LogP contribution is -2.34. The van der Waals surface area contributed by atoms with E-state index < -0.39 is 0 Å². The second kappa shape index (κ2) is 12.6. The molecule has 0 aliphatic heterocycles. The first-order chi connectivity index (χ1) is 10.1. The number of amides is 2.